The van der Waals surface area contributed by atoms with E-state index < -0.39 is 0 Å². The van der Waals surface area contributed by atoms with Gasteiger partial charge in [0.05, 0.1) is 19.6 Å². The molecule has 7 nitrogen and oxygen atoms in total. The molecule has 0 aromatic carbocycles. The van der Waals surface area contributed by atoms with E-state index in [9.17, 15) is 4.79 Å². The topological polar surface area (TPSA) is 129 Å². The highest BCUT2D eigenvalue weighted by Gasteiger charge is 2.06. The lowest BCUT2D eigenvalue weighted by molar-refractivity contribution is -0.122. The van der Waals surface area contributed by atoms with Crippen LogP contribution in [0.25, 0.3) is 0 Å². The van der Waals surface area contributed by atoms with Gasteiger partial charge >= 0.3 is 0 Å². The van der Waals surface area contributed by atoms with E-state index in [2.05, 4.69) is 10.2 Å². The molecule has 0 saturated carbocycles. The lowest BCUT2D eigenvalue weighted by atomic mass is 10.0. The third kappa shape index (κ3) is 17.3. The monoisotopic (exact) mass is 295 g/mol. The molecule has 1 amide bonds. The summed E-state index contributed by atoms with van der Waals surface area (Å²) in [6.07, 6.45) is 3.06. The Hall–Kier alpha value is -0.730. The Morgan fingerprint density at radius 2 is 2.00 bits per heavy atom. The van der Waals surface area contributed by atoms with Gasteiger partial charge in [0.1, 0.15) is 0 Å². The standard InChI is InChI=1S/C11H24N2O4.C2H6.H3N/c1-16-9-10(8-14)4-2-3-6-13-11(15)5-7-17-12;1-2;/h10,14H,2-9,12H2,1H3,(H,13,15);1-2H3;1H3. The van der Waals surface area contributed by atoms with Gasteiger partial charge in [-0.05, 0) is 12.8 Å². The first-order valence-electron chi connectivity index (χ1n) is 6.92. The van der Waals surface area contributed by atoms with Crippen molar-refractivity contribution in [2.45, 2.75) is 39.5 Å². The maximum Gasteiger partial charge on any atom is 0.222 e. The molecule has 0 bridgehead atoms. The molecule has 0 aliphatic rings. The predicted molar refractivity (Wildman–Crippen MR) is 80.4 cm³/mol. The Morgan fingerprint density at radius 3 is 2.50 bits per heavy atom. The Kier molecular flexibility index (Phi) is 25.0. The van der Waals surface area contributed by atoms with E-state index in [0.29, 0.717) is 19.6 Å². The first kappa shape index (κ1) is 24.3. The number of ether oxygens (including phenoxy) is 1. The second-order valence-electron chi connectivity index (χ2n) is 3.97. The zero-order valence-corrected chi connectivity index (χ0v) is 13.2. The number of aliphatic hydroxyl groups is 1. The molecule has 1 atom stereocenters. The molecule has 0 saturated heterocycles. The van der Waals surface area contributed by atoms with Crippen molar-refractivity contribution >= 4 is 5.91 Å². The second-order valence-corrected chi connectivity index (χ2v) is 3.97. The molecule has 1 unspecified atom stereocenters. The molecule has 124 valence electrons. The van der Waals surface area contributed by atoms with E-state index in [4.69, 9.17) is 15.7 Å². The van der Waals surface area contributed by atoms with Crippen LogP contribution in [0, 0.1) is 5.92 Å². The lowest BCUT2D eigenvalue weighted by Crippen LogP contribution is -2.26. The average Bonchev–Trinajstić information content (AvgIpc) is 2.45. The number of nitrogens with one attached hydrogen (secondary N) is 1. The molecule has 0 rings (SSSR count). The fourth-order valence-electron chi connectivity index (χ4n) is 1.49. The Balaban J connectivity index is -0.000000916. The van der Waals surface area contributed by atoms with Gasteiger partial charge < -0.3 is 26.1 Å². The molecule has 7 heteroatoms. The summed E-state index contributed by atoms with van der Waals surface area (Å²) in [5.74, 6) is 4.96. The van der Waals surface area contributed by atoms with Gasteiger partial charge in [-0.2, -0.15) is 0 Å². The van der Waals surface area contributed by atoms with Crippen LogP contribution < -0.4 is 17.4 Å². The van der Waals surface area contributed by atoms with Crippen molar-refractivity contribution in [1.82, 2.24) is 11.5 Å². The average molecular weight is 295 g/mol. The van der Waals surface area contributed by atoms with Crippen LogP contribution in [0.2, 0.25) is 0 Å². The SMILES string of the molecule is CC.COCC(CO)CCCCNC(=O)CCON.N. The van der Waals surface area contributed by atoms with E-state index in [1.54, 1.807) is 7.11 Å². The third-order valence-corrected chi connectivity index (χ3v) is 2.47. The van der Waals surface area contributed by atoms with Crippen LogP contribution in [-0.4, -0.2) is 44.5 Å². The molecule has 20 heavy (non-hydrogen) atoms. The number of hydrogen-bond acceptors (Lipinski definition) is 6. The molecule has 0 aliphatic carbocycles. The summed E-state index contributed by atoms with van der Waals surface area (Å²) in [7, 11) is 1.63. The minimum absolute atomic E-state index is 0. The zero-order chi connectivity index (χ0) is 14.9. The van der Waals surface area contributed by atoms with Crippen molar-refractivity contribution in [3.63, 3.8) is 0 Å². The van der Waals surface area contributed by atoms with Gasteiger partial charge in [-0.25, -0.2) is 5.90 Å². The number of methoxy groups -OCH3 is 1. The number of nitrogens with two attached hydrogens (primary N) is 1. The summed E-state index contributed by atoms with van der Waals surface area (Å²) < 4.78 is 4.98. The van der Waals surface area contributed by atoms with Gasteiger partial charge in [0, 0.05) is 26.2 Å². The Bertz CT molecular complexity index is 194. The van der Waals surface area contributed by atoms with Crippen molar-refractivity contribution in [2.75, 3.05) is 33.5 Å². The van der Waals surface area contributed by atoms with E-state index in [-0.39, 0.29) is 31.2 Å². The fraction of sp³-hybridized carbons (Fsp3) is 0.923. The molecule has 0 aliphatic heterocycles. The minimum Gasteiger partial charge on any atom is -0.396 e. The van der Waals surface area contributed by atoms with Gasteiger partial charge in [-0.15, -0.1) is 0 Å². The normalized spacial score (nSPS) is 10.8. The maximum absolute atomic E-state index is 11.2. The largest absolute Gasteiger partial charge is 0.396 e. The summed E-state index contributed by atoms with van der Waals surface area (Å²) in [6.45, 7) is 5.62. The molecule has 0 aromatic rings. The van der Waals surface area contributed by atoms with Crippen LogP contribution in [0.4, 0.5) is 0 Å². The Morgan fingerprint density at radius 1 is 1.35 bits per heavy atom. The highest BCUT2D eigenvalue weighted by atomic mass is 16.6. The first-order valence-corrected chi connectivity index (χ1v) is 6.92. The molecule has 0 heterocycles. The summed E-state index contributed by atoms with van der Waals surface area (Å²) in [5.41, 5.74) is 0. The van der Waals surface area contributed by atoms with Crippen molar-refractivity contribution in [1.29, 1.82) is 0 Å². The fourth-order valence-corrected chi connectivity index (χ4v) is 1.49. The van der Waals surface area contributed by atoms with Crippen molar-refractivity contribution in [3.05, 3.63) is 0 Å². The lowest BCUT2D eigenvalue weighted by Gasteiger charge is -2.12. The van der Waals surface area contributed by atoms with Crippen LogP contribution in [-0.2, 0) is 14.4 Å². The van der Waals surface area contributed by atoms with Crippen LogP contribution >= 0.6 is 0 Å². The van der Waals surface area contributed by atoms with E-state index in [1.807, 2.05) is 13.8 Å². The van der Waals surface area contributed by atoms with Gasteiger partial charge in [0.2, 0.25) is 5.91 Å². The van der Waals surface area contributed by atoms with Gasteiger partial charge in [0.25, 0.3) is 0 Å². The summed E-state index contributed by atoms with van der Waals surface area (Å²) in [6, 6.07) is 0. The number of rotatable bonds is 11. The number of carbonyl (C=O) groups excluding carboxylic acids is 1. The number of amides is 1. The highest BCUT2D eigenvalue weighted by molar-refractivity contribution is 5.75. The second kappa shape index (κ2) is 20.6. The molecule has 0 radical (unpaired) electrons. The van der Waals surface area contributed by atoms with Crippen LogP contribution in [0.3, 0.4) is 0 Å². The van der Waals surface area contributed by atoms with Crippen LogP contribution in [0.15, 0.2) is 0 Å². The van der Waals surface area contributed by atoms with Gasteiger partial charge in [-0.3, -0.25) is 4.79 Å². The Labute approximate surface area is 122 Å². The van der Waals surface area contributed by atoms with Crippen molar-refractivity contribution < 1.29 is 19.5 Å². The van der Waals surface area contributed by atoms with Crippen LogP contribution in [0.1, 0.15) is 39.5 Å². The maximum atomic E-state index is 11.2. The highest BCUT2D eigenvalue weighted by Crippen LogP contribution is 2.07. The van der Waals surface area contributed by atoms with Gasteiger partial charge in [-0.1, -0.05) is 20.3 Å². The van der Waals surface area contributed by atoms with Crippen molar-refractivity contribution in [2.24, 2.45) is 11.8 Å². The van der Waals surface area contributed by atoms with E-state index >= 15 is 0 Å². The van der Waals surface area contributed by atoms with Crippen LogP contribution in [0.5, 0.6) is 0 Å². The molecule has 0 aromatic heterocycles. The molecular formula is C13H33N3O4. The summed E-state index contributed by atoms with van der Waals surface area (Å²) in [5, 5.41) is 11.8. The smallest absolute Gasteiger partial charge is 0.222 e. The summed E-state index contributed by atoms with van der Waals surface area (Å²) >= 11 is 0. The van der Waals surface area contributed by atoms with Gasteiger partial charge in [0.15, 0.2) is 0 Å². The van der Waals surface area contributed by atoms with Crippen molar-refractivity contribution in [3.8, 4) is 0 Å². The first-order chi connectivity index (χ1) is 9.24. The quantitative estimate of drug-likeness (QED) is 0.332. The number of unbranched alkanes of at least 4 members (excludes halogenated alkanes) is 1. The molecular weight excluding hydrogens is 262 g/mol. The number of carbonyl (C=O) groups is 1. The number of aliphatic hydroxyl groups excluding tert-OH is 1. The molecule has 0 spiro atoms. The van der Waals surface area contributed by atoms with E-state index in [1.165, 1.54) is 0 Å². The predicted octanol–water partition coefficient (Wildman–Crippen LogP) is 0.996. The number of hydrogen-bond donors (Lipinski definition) is 4. The van der Waals surface area contributed by atoms with E-state index in [0.717, 1.165) is 19.3 Å². The minimum atomic E-state index is -0.0500. The summed E-state index contributed by atoms with van der Waals surface area (Å²) in [4.78, 5) is 15.5. The third-order valence-electron chi connectivity index (χ3n) is 2.47. The molecule has 7 N–H and O–H groups in total. The zero-order valence-electron chi connectivity index (χ0n) is 13.2. The molecule has 0 fully saturated rings.